The molecule has 0 atom stereocenters. The first-order valence-corrected chi connectivity index (χ1v) is 7.09. The van der Waals surface area contributed by atoms with E-state index in [1.165, 1.54) is 39.2 Å². The minimum absolute atomic E-state index is 0.238. The molecule has 0 heterocycles. The van der Waals surface area contributed by atoms with Gasteiger partial charge in [-0.05, 0) is 31.7 Å². The van der Waals surface area contributed by atoms with Crippen LogP contribution in [0.1, 0.15) is 46.0 Å². The van der Waals surface area contributed by atoms with Gasteiger partial charge in [0.25, 0.3) is 0 Å². The third-order valence-corrected chi connectivity index (χ3v) is 3.92. The molecule has 1 rings (SSSR count). The molecule has 0 radical (unpaired) electrons. The number of hydrogen-bond donors (Lipinski definition) is 1. The number of methoxy groups -OCH3 is 1. The summed E-state index contributed by atoms with van der Waals surface area (Å²) in [5, 5.41) is 3.37. The van der Waals surface area contributed by atoms with E-state index in [0.29, 0.717) is 5.57 Å². The summed E-state index contributed by atoms with van der Waals surface area (Å²) in [5.74, 6) is 1.59. The molecule has 0 unspecified atom stereocenters. The molecule has 104 valence electrons. The molecule has 0 spiro atoms. The number of carbonyl (C=O) groups is 1. The van der Waals surface area contributed by atoms with E-state index in [4.69, 9.17) is 0 Å². The minimum Gasteiger partial charge on any atom is -0.466 e. The van der Waals surface area contributed by atoms with E-state index in [2.05, 4.69) is 17.0 Å². The molecule has 1 aliphatic rings. The second-order valence-electron chi connectivity index (χ2n) is 5.50. The Kier molecular flexibility index (Phi) is 7.02. The summed E-state index contributed by atoms with van der Waals surface area (Å²) in [4.78, 5) is 11.1. The predicted molar refractivity (Wildman–Crippen MR) is 74.4 cm³/mol. The Morgan fingerprint density at radius 1 is 1.33 bits per heavy atom. The van der Waals surface area contributed by atoms with Crippen molar-refractivity contribution >= 4 is 5.97 Å². The van der Waals surface area contributed by atoms with Crippen molar-refractivity contribution in [3.63, 3.8) is 0 Å². The molecule has 18 heavy (non-hydrogen) atoms. The van der Waals surface area contributed by atoms with Crippen LogP contribution < -0.4 is 5.32 Å². The number of ether oxygens (including phenoxy) is 1. The van der Waals surface area contributed by atoms with Crippen LogP contribution in [-0.2, 0) is 9.53 Å². The maximum Gasteiger partial charge on any atom is 0.333 e. The fraction of sp³-hybridized carbons (Fsp3) is 0.800. The van der Waals surface area contributed by atoms with E-state index in [-0.39, 0.29) is 5.97 Å². The van der Waals surface area contributed by atoms with Crippen molar-refractivity contribution in [2.24, 2.45) is 11.8 Å². The molecule has 0 amide bonds. The van der Waals surface area contributed by atoms with Crippen LogP contribution in [0.5, 0.6) is 0 Å². The smallest absolute Gasteiger partial charge is 0.333 e. The first-order chi connectivity index (χ1) is 8.63. The van der Waals surface area contributed by atoms with Gasteiger partial charge in [0.2, 0.25) is 0 Å². The van der Waals surface area contributed by atoms with E-state index in [9.17, 15) is 4.79 Å². The minimum atomic E-state index is -0.238. The Morgan fingerprint density at radius 3 is 2.61 bits per heavy atom. The van der Waals surface area contributed by atoms with Crippen molar-refractivity contribution < 1.29 is 9.53 Å². The number of hydrogen-bond acceptors (Lipinski definition) is 3. The van der Waals surface area contributed by atoms with Gasteiger partial charge >= 0.3 is 5.97 Å². The van der Waals surface area contributed by atoms with Gasteiger partial charge in [0.05, 0.1) is 7.11 Å². The average molecular weight is 253 g/mol. The number of rotatable bonds is 6. The molecule has 1 N–H and O–H groups in total. The first kappa shape index (κ1) is 15.2. The summed E-state index contributed by atoms with van der Waals surface area (Å²) in [6, 6.07) is 0. The van der Waals surface area contributed by atoms with Gasteiger partial charge in [-0.15, -0.1) is 0 Å². The van der Waals surface area contributed by atoms with Crippen LogP contribution >= 0.6 is 0 Å². The Labute approximate surface area is 111 Å². The molecule has 0 aromatic carbocycles. The fourth-order valence-electron chi connectivity index (χ4n) is 2.50. The van der Waals surface area contributed by atoms with E-state index in [0.717, 1.165) is 24.9 Å². The largest absolute Gasteiger partial charge is 0.466 e. The van der Waals surface area contributed by atoms with E-state index in [1.807, 2.05) is 6.08 Å². The molecule has 3 nitrogen and oxygen atoms in total. The molecule has 0 bridgehead atoms. The second-order valence-corrected chi connectivity index (χ2v) is 5.50. The summed E-state index contributed by atoms with van der Waals surface area (Å²) in [6.07, 6.45) is 8.73. The second kappa shape index (κ2) is 8.30. The SMILES string of the molecule is COC(=O)C(C)=CCNCCC1CCC(C)CC1. The van der Waals surface area contributed by atoms with Gasteiger partial charge < -0.3 is 10.1 Å². The van der Waals surface area contributed by atoms with Gasteiger partial charge in [0, 0.05) is 12.1 Å². The lowest BCUT2D eigenvalue weighted by atomic mass is 9.81. The highest BCUT2D eigenvalue weighted by atomic mass is 16.5. The van der Waals surface area contributed by atoms with E-state index < -0.39 is 0 Å². The Bertz CT molecular complexity index is 278. The summed E-state index contributed by atoms with van der Waals surface area (Å²) < 4.78 is 4.64. The lowest BCUT2D eigenvalue weighted by Gasteiger charge is -2.26. The van der Waals surface area contributed by atoms with Crippen molar-refractivity contribution in [2.45, 2.75) is 46.0 Å². The van der Waals surface area contributed by atoms with E-state index in [1.54, 1.807) is 6.92 Å². The van der Waals surface area contributed by atoms with Gasteiger partial charge in [-0.3, -0.25) is 0 Å². The Morgan fingerprint density at radius 2 is 2.00 bits per heavy atom. The van der Waals surface area contributed by atoms with Crippen LogP contribution in [0.4, 0.5) is 0 Å². The first-order valence-electron chi connectivity index (χ1n) is 7.09. The van der Waals surface area contributed by atoms with Gasteiger partial charge in [-0.2, -0.15) is 0 Å². The molecule has 3 heteroatoms. The van der Waals surface area contributed by atoms with Gasteiger partial charge in [-0.1, -0.05) is 38.7 Å². The molecule has 1 aliphatic carbocycles. The molecular formula is C15H27NO2. The highest BCUT2D eigenvalue weighted by Gasteiger charge is 2.17. The maximum absolute atomic E-state index is 11.1. The molecular weight excluding hydrogens is 226 g/mol. The topological polar surface area (TPSA) is 38.3 Å². The zero-order valence-electron chi connectivity index (χ0n) is 12.0. The van der Waals surface area contributed by atoms with Crippen molar-refractivity contribution in [3.8, 4) is 0 Å². The fourth-order valence-corrected chi connectivity index (χ4v) is 2.50. The Balaban J connectivity index is 2.06. The van der Waals surface area contributed by atoms with E-state index >= 15 is 0 Å². The van der Waals surface area contributed by atoms with Crippen LogP contribution in [-0.4, -0.2) is 26.2 Å². The average Bonchev–Trinajstić information content (AvgIpc) is 2.39. The standard InChI is InChI=1S/C15H27NO2/c1-12-4-6-14(7-5-12)9-11-16-10-8-13(2)15(17)18-3/h8,12,14,16H,4-7,9-11H2,1-3H3. The lowest BCUT2D eigenvalue weighted by molar-refractivity contribution is -0.136. The Hall–Kier alpha value is -0.830. The summed E-state index contributed by atoms with van der Waals surface area (Å²) in [7, 11) is 1.41. The van der Waals surface area contributed by atoms with Crippen LogP contribution in [0, 0.1) is 11.8 Å². The zero-order valence-corrected chi connectivity index (χ0v) is 12.0. The van der Waals surface area contributed by atoms with Crippen molar-refractivity contribution in [2.75, 3.05) is 20.2 Å². The summed E-state index contributed by atoms with van der Waals surface area (Å²) >= 11 is 0. The molecule has 0 aromatic rings. The molecule has 0 aliphatic heterocycles. The summed E-state index contributed by atoms with van der Waals surface area (Å²) in [5.41, 5.74) is 0.677. The molecule has 1 fully saturated rings. The zero-order chi connectivity index (χ0) is 13.4. The molecule has 0 aromatic heterocycles. The summed E-state index contributed by atoms with van der Waals surface area (Å²) in [6.45, 7) is 5.94. The van der Waals surface area contributed by atoms with Crippen LogP contribution in [0.3, 0.4) is 0 Å². The number of carbonyl (C=O) groups excluding carboxylic acids is 1. The van der Waals surface area contributed by atoms with Crippen molar-refractivity contribution in [3.05, 3.63) is 11.6 Å². The normalized spacial score (nSPS) is 24.9. The monoisotopic (exact) mass is 253 g/mol. The van der Waals surface area contributed by atoms with Crippen LogP contribution in [0.25, 0.3) is 0 Å². The third kappa shape index (κ3) is 5.67. The molecule has 1 saturated carbocycles. The van der Waals surface area contributed by atoms with Crippen LogP contribution in [0.2, 0.25) is 0 Å². The van der Waals surface area contributed by atoms with Crippen molar-refractivity contribution in [1.82, 2.24) is 5.32 Å². The predicted octanol–water partition coefficient (Wildman–Crippen LogP) is 2.91. The lowest BCUT2D eigenvalue weighted by Crippen LogP contribution is -2.21. The van der Waals surface area contributed by atoms with Gasteiger partial charge in [0.15, 0.2) is 0 Å². The highest BCUT2D eigenvalue weighted by molar-refractivity contribution is 5.87. The highest BCUT2D eigenvalue weighted by Crippen LogP contribution is 2.29. The van der Waals surface area contributed by atoms with Crippen molar-refractivity contribution in [1.29, 1.82) is 0 Å². The number of nitrogens with one attached hydrogen (secondary N) is 1. The number of esters is 1. The third-order valence-electron chi connectivity index (χ3n) is 3.92. The van der Waals surface area contributed by atoms with Gasteiger partial charge in [0.1, 0.15) is 0 Å². The maximum atomic E-state index is 11.1. The quantitative estimate of drug-likeness (QED) is 0.449. The molecule has 0 saturated heterocycles. The van der Waals surface area contributed by atoms with Crippen LogP contribution in [0.15, 0.2) is 11.6 Å². The van der Waals surface area contributed by atoms with Gasteiger partial charge in [-0.25, -0.2) is 4.79 Å².